The molecule has 0 saturated carbocycles. The number of alkyl halides is 3. The molecule has 2 rings (SSSR count). The Morgan fingerprint density at radius 1 is 1.26 bits per heavy atom. The molecule has 1 fully saturated rings. The fraction of sp³-hybridized carbons (Fsp3) is 0.538. The van der Waals surface area contributed by atoms with E-state index in [0.29, 0.717) is 0 Å². The molecular weight excluding hydrogens is 291 g/mol. The number of hydrogen-bond donors (Lipinski definition) is 1. The van der Waals surface area contributed by atoms with Gasteiger partial charge in [0.1, 0.15) is 0 Å². The molecule has 1 saturated heterocycles. The molecule has 1 unspecified atom stereocenters. The molecule has 1 aromatic rings. The van der Waals surface area contributed by atoms with E-state index in [1.54, 1.807) is 12.1 Å². The average molecular weight is 307 g/mol. The molecule has 1 aliphatic rings. The van der Waals surface area contributed by atoms with Crippen LogP contribution in [0.25, 0.3) is 0 Å². The molecule has 1 aromatic carbocycles. The molecule has 0 amide bonds. The third-order valence-corrected chi connectivity index (χ3v) is 4.91. The van der Waals surface area contributed by atoms with E-state index in [9.17, 15) is 13.2 Å². The minimum absolute atomic E-state index is 0.0695. The van der Waals surface area contributed by atoms with Crippen LogP contribution in [0.2, 0.25) is 0 Å². The summed E-state index contributed by atoms with van der Waals surface area (Å²) in [5.41, 5.74) is -3.18. The van der Waals surface area contributed by atoms with Crippen LogP contribution in [0.15, 0.2) is 29.2 Å². The van der Waals surface area contributed by atoms with Gasteiger partial charge in [0, 0.05) is 11.4 Å². The van der Waals surface area contributed by atoms with Crippen molar-refractivity contribution in [3.8, 4) is 0 Å². The molecule has 19 heavy (non-hydrogen) atoms. The number of thioether (sulfide) groups is 2. The lowest BCUT2D eigenvalue weighted by Crippen LogP contribution is -2.22. The van der Waals surface area contributed by atoms with E-state index < -0.39 is 5.51 Å². The first kappa shape index (κ1) is 15.1. The summed E-state index contributed by atoms with van der Waals surface area (Å²) in [5.74, 6) is 3.20. The first-order valence-corrected chi connectivity index (χ1v) is 8.13. The minimum atomic E-state index is -4.21. The van der Waals surface area contributed by atoms with E-state index in [0.717, 1.165) is 24.6 Å². The van der Waals surface area contributed by atoms with Crippen molar-refractivity contribution in [3.63, 3.8) is 0 Å². The second-order valence-corrected chi connectivity index (χ2v) is 6.84. The molecule has 1 atom stereocenters. The van der Waals surface area contributed by atoms with Crippen LogP contribution in [0.5, 0.6) is 0 Å². The van der Waals surface area contributed by atoms with E-state index in [1.165, 1.54) is 30.1 Å². The summed E-state index contributed by atoms with van der Waals surface area (Å²) in [6, 6.07) is 6.57. The highest BCUT2D eigenvalue weighted by Crippen LogP contribution is 2.36. The first-order valence-electron chi connectivity index (χ1n) is 6.16. The lowest BCUT2D eigenvalue weighted by Gasteiger charge is -2.10. The lowest BCUT2D eigenvalue weighted by molar-refractivity contribution is -0.0328. The fourth-order valence-electron chi connectivity index (χ4n) is 1.97. The normalized spacial score (nSPS) is 19.8. The molecule has 6 heteroatoms. The highest BCUT2D eigenvalue weighted by Gasteiger charge is 2.28. The monoisotopic (exact) mass is 307 g/mol. The highest BCUT2D eigenvalue weighted by molar-refractivity contribution is 8.00. The Labute approximate surface area is 119 Å². The van der Waals surface area contributed by atoms with Crippen molar-refractivity contribution >= 4 is 23.5 Å². The van der Waals surface area contributed by atoms with Gasteiger partial charge in [-0.3, -0.25) is 0 Å². The predicted octanol–water partition coefficient (Wildman–Crippen LogP) is 4.14. The lowest BCUT2D eigenvalue weighted by atomic mass is 10.1. The highest BCUT2D eigenvalue weighted by atomic mass is 32.2. The summed E-state index contributed by atoms with van der Waals surface area (Å²) in [6.07, 6.45) is 1.26. The molecule has 1 aliphatic heterocycles. The third-order valence-electron chi connectivity index (χ3n) is 2.94. The summed E-state index contributed by atoms with van der Waals surface area (Å²) in [7, 11) is 0. The Morgan fingerprint density at radius 3 is 2.58 bits per heavy atom. The van der Waals surface area contributed by atoms with Crippen LogP contribution in [-0.4, -0.2) is 23.6 Å². The van der Waals surface area contributed by atoms with Gasteiger partial charge in [0.2, 0.25) is 0 Å². The van der Waals surface area contributed by atoms with Gasteiger partial charge in [-0.2, -0.15) is 24.9 Å². The molecule has 0 aliphatic carbocycles. The third kappa shape index (κ3) is 5.67. The second kappa shape index (κ2) is 6.90. The predicted molar refractivity (Wildman–Crippen MR) is 75.5 cm³/mol. The minimum Gasteiger partial charge on any atom is -0.312 e. The maximum Gasteiger partial charge on any atom is 0.446 e. The van der Waals surface area contributed by atoms with Crippen molar-refractivity contribution < 1.29 is 13.2 Å². The molecule has 0 spiro atoms. The Morgan fingerprint density at radius 2 is 2.00 bits per heavy atom. The van der Waals surface area contributed by atoms with Gasteiger partial charge in [0.25, 0.3) is 0 Å². The molecule has 0 bridgehead atoms. The van der Waals surface area contributed by atoms with Gasteiger partial charge in [-0.05, 0) is 59.8 Å². The summed E-state index contributed by atoms with van der Waals surface area (Å²) in [5, 5.41) is 3.37. The van der Waals surface area contributed by atoms with Crippen LogP contribution >= 0.6 is 23.5 Å². The Balaban J connectivity index is 1.75. The zero-order valence-electron chi connectivity index (χ0n) is 10.4. The number of benzene rings is 1. The SMILES string of the molecule is FC(F)(F)Sc1ccc(CNCC2CCSC2)cc1. The van der Waals surface area contributed by atoms with Gasteiger partial charge >= 0.3 is 5.51 Å². The number of rotatable bonds is 5. The van der Waals surface area contributed by atoms with Crippen LogP contribution in [0.4, 0.5) is 13.2 Å². The van der Waals surface area contributed by atoms with Crippen molar-refractivity contribution in [1.82, 2.24) is 5.32 Å². The summed E-state index contributed by atoms with van der Waals surface area (Å²) >= 11 is 1.92. The number of halogens is 3. The fourth-order valence-corrected chi connectivity index (χ4v) is 3.80. The van der Waals surface area contributed by atoms with Gasteiger partial charge in [0.15, 0.2) is 0 Å². The zero-order chi connectivity index (χ0) is 13.7. The quantitative estimate of drug-likeness (QED) is 0.821. The Hall–Kier alpha value is -0.330. The van der Waals surface area contributed by atoms with Crippen LogP contribution in [-0.2, 0) is 6.54 Å². The maximum absolute atomic E-state index is 12.2. The topological polar surface area (TPSA) is 12.0 Å². The standard InChI is InChI=1S/C13H16F3NS2/c14-13(15,16)19-12-3-1-10(2-4-12)7-17-8-11-5-6-18-9-11/h1-4,11,17H,5-9H2. The van der Waals surface area contributed by atoms with Crippen LogP contribution in [0.3, 0.4) is 0 Å². The van der Waals surface area contributed by atoms with Crippen molar-refractivity contribution in [3.05, 3.63) is 29.8 Å². The van der Waals surface area contributed by atoms with Gasteiger partial charge in [-0.25, -0.2) is 0 Å². The second-order valence-electron chi connectivity index (χ2n) is 4.55. The van der Waals surface area contributed by atoms with Gasteiger partial charge in [-0.1, -0.05) is 12.1 Å². The Kier molecular flexibility index (Phi) is 5.47. The number of hydrogen-bond acceptors (Lipinski definition) is 3. The zero-order valence-corrected chi connectivity index (χ0v) is 12.0. The van der Waals surface area contributed by atoms with E-state index in [-0.39, 0.29) is 16.7 Å². The van der Waals surface area contributed by atoms with Gasteiger partial charge in [-0.15, -0.1) is 0 Å². The van der Waals surface area contributed by atoms with Crippen LogP contribution < -0.4 is 5.32 Å². The van der Waals surface area contributed by atoms with Crippen LogP contribution in [0.1, 0.15) is 12.0 Å². The average Bonchev–Trinajstić information content (AvgIpc) is 2.82. The largest absolute Gasteiger partial charge is 0.446 e. The smallest absolute Gasteiger partial charge is 0.312 e. The molecule has 0 radical (unpaired) electrons. The molecule has 106 valence electrons. The molecule has 1 heterocycles. The van der Waals surface area contributed by atoms with E-state index >= 15 is 0 Å². The maximum atomic E-state index is 12.2. The molecule has 1 nitrogen and oxygen atoms in total. The summed E-state index contributed by atoms with van der Waals surface area (Å²) in [4.78, 5) is 0.239. The van der Waals surface area contributed by atoms with Crippen molar-refractivity contribution in [2.45, 2.75) is 23.4 Å². The molecular formula is C13H16F3NS2. The number of nitrogens with one attached hydrogen (secondary N) is 1. The van der Waals surface area contributed by atoms with Gasteiger partial charge in [0.05, 0.1) is 0 Å². The first-order chi connectivity index (χ1) is 9.03. The van der Waals surface area contributed by atoms with E-state index in [4.69, 9.17) is 0 Å². The summed E-state index contributed by atoms with van der Waals surface area (Å²) < 4.78 is 36.5. The van der Waals surface area contributed by atoms with Gasteiger partial charge < -0.3 is 5.32 Å². The van der Waals surface area contributed by atoms with Crippen LogP contribution in [0, 0.1) is 5.92 Å². The molecule has 0 aromatic heterocycles. The Bertz CT molecular complexity index is 386. The van der Waals surface area contributed by atoms with Crippen molar-refractivity contribution in [1.29, 1.82) is 0 Å². The molecule has 1 N–H and O–H groups in total. The van der Waals surface area contributed by atoms with E-state index in [1.807, 2.05) is 11.8 Å². The van der Waals surface area contributed by atoms with E-state index in [2.05, 4.69) is 5.32 Å². The van der Waals surface area contributed by atoms with Crippen molar-refractivity contribution in [2.24, 2.45) is 5.92 Å². The van der Waals surface area contributed by atoms with Crippen molar-refractivity contribution in [2.75, 3.05) is 18.1 Å². The summed E-state index contributed by atoms with van der Waals surface area (Å²) in [6.45, 7) is 1.71.